The van der Waals surface area contributed by atoms with Gasteiger partial charge in [0.25, 0.3) is 0 Å². The first-order valence-electron chi connectivity index (χ1n) is 2.95. The highest BCUT2D eigenvalue weighted by Crippen LogP contribution is 2.15. The summed E-state index contributed by atoms with van der Waals surface area (Å²) in [6, 6.07) is 5.81. The summed E-state index contributed by atoms with van der Waals surface area (Å²) in [5, 5.41) is 2.32. The van der Waals surface area contributed by atoms with Gasteiger partial charge in [0.15, 0.2) is 0 Å². The Labute approximate surface area is 70.8 Å². The molecule has 1 aromatic carbocycles. The monoisotopic (exact) mass is 170 g/mol. The molecule has 0 unspecified atom stereocenters. The lowest BCUT2D eigenvalue weighted by molar-refractivity contribution is 1.47. The predicted octanol–water partition coefficient (Wildman–Crippen LogP) is 3.00. The van der Waals surface area contributed by atoms with E-state index < -0.39 is 0 Å². The van der Waals surface area contributed by atoms with Crippen LogP contribution in [0.2, 0.25) is 5.02 Å². The van der Waals surface area contributed by atoms with E-state index in [2.05, 4.69) is 0 Å². The predicted molar refractivity (Wildman–Crippen MR) is 48.9 cm³/mol. The second kappa shape index (κ2) is 3.13. The molecule has 0 atom stereocenters. The minimum atomic E-state index is 0.731. The summed E-state index contributed by atoms with van der Waals surface area (Å²) >= 11 is 10.6. The quantitative estimate of drug-likeness (QED) is 0.584. The molecule has 0 aromatic heterocycles. The molecule has 0 nitrogen and oxygen atoms in total. The molecule has 1 aromatic rings. The van der Waals surface area contributed by atoms with Crippen molar-refractivity contribution in [3.63, 3.8) is 0 Å². The fourth-order valence-electron chi connectivity index (χ4n) is 0.728. The van der Waals surface area contributed by atoms with Crippen LogP contribution in [0.3, 0.4) is 0 Å². The second-order valence-electron chi connectivity index (χ2n) is 2.14. The van der Waals surface area contributed by atoms with E-state index in [0.29, 0.717) is 0 Å². The van der Waals surface area contributed by atoms with E-state index in [1.165, 1.54) is 0 Å². The van der Waals surface area contributed by atoms with Gasteiger partial charge in [-0.3, -0.25) is 0 Å². The van der Waals surface area contributed by atoms with Gasteiger partial charge in [-0.1, -0.05) is 36.0 Å². The van der Waals surface area contributed by atoms with Crippen molar-refractivity contribution < 1.29 is 0 Å². The van der Waals surface area contributed by atoms with E-state index in [0.717, 1.165) is 16.1 Å². The zero-order chi connectivity index (χ0) is 7.56. The molecule has 52 valence electrons. The summed E-state index contributed by atoms with van der Waals surface area (Å²) in [5.74, 6) is 0. The van der Waals surface area contributed by atoms with Crippen molar-refractivity contribution in [1.29, 1.82) is 0 Å². The number of halogens is 1. The van der Waals surface area contributed by atoms with Gasteiger partial charge in [0.2, 0.25) is 0 Å². The molecule has 0 radical (unpaired) electrons. The van der Waals surface area contributed by atoms with Crippen LogP contribution in [-0.2, 0) is 0 Å². The Morgan fingerprint density at radius 1 is 1.50 bits per heavy atom. The van der Waals surface area contributed by atoms with Gasteiger partial charge in [-0.05, 0) is 18.6 Å². The highest BCUT2D eigenvalue weighted by Gasteiger charge is 1.94. The summed E-state index contributed by atoms with van der Waals surface area (Å²) in [5.41, 5.74) is 2.08. The molecule has 0 aliphatic heterocycles. The van der Waals surface area contributed by atoms with Crippen molar-refractivity contribution in [2.45, 2.75) is 6.92 Å². The van der Waals surface area contributed by atoms with Crippen LogP contribution in [0.25, 0.3) is 0 Å². The Morgan fingerprint density at radius 2 is 2.20 bits per heavy atom. The molecule has 0 amide bonds. The van der Waals surface area contributed by atoms with E-state index >= 15 is 0 Å². The average Bonchev–Trinajstić information content (AvgIpc) is 1.88. The lowest BCUT2D eigenvalue weighted by atomic mass is 10.2. The van der Waals surface area contributed by atoms with Crippen LogP contribution < -0.4 is 0 Å². The first-order chi connectivity index (χ1) is 4.74. The third-order valence-electron chi connectivity index (χ3n) is 1.28. The number of thiocarbonyl (C=S) groups is 1. The Kier molecular flexibility index (Phi) is 2.41. The fraction of sp³-hybridized carbons (Fsp3) is 0.125. The summed E-state index contributed by atoms with van der Waals surface area (Å²) in [7, 11) is 0. The average molecular weight is 171 g/mol. The van der Waals surface area contributed by atoms with E-state index in [9.17, 15) is 0 Å². The maximum atomic E-state index is 5.83. The maximum absolute atomic E-state index is 5.83. The van der Waals surface area contributed by atoms with Gasteiger partial charge in [0.05, 0.1) is 0 Å². The van der Waals surface area contributed by atoms with E-state index in [-0.39, 0.29) is 0 Å². The van der Waals surface area contributed by atoms with Gasteiger partial charge < -0.3 is 0 Å². The van der Waals surface area contributed by atoms with Crippen molar-refractivity contribution in [3.05, 3.63) is 34.3 Å². The molecule has 0 saturated heterocycles. The Hall–Kier alpha value is -0.400. The highest BCUT2D eigenvalue weighted by molar-refractivity contribution is 7.79. The Morgan fingerprint density at radius 3 is 2.70 bits per heavy atom. The molecule has 0 spiro atoms. The molecular weight excluding hydrogens is 164 g/mol. The largest absolute Gasteiger partial charge is 0.0880 e. The van der Waals surface area contributed by atoms with Gasteiger partial charge >= 0.3 is 0 Å². The maximum Gasteiger partial charge on any atom is 0.0489 e. The summed E-state index contributed by atoms with van der Waals surface area (Å²) in [6.07, 6.45) is 0. The standard InChI is InChI=1S/C8H7ClS/c1-6-2-3-7(5-10)8(9)4-6/h2-5H,1H3. The van der Waals surface area contributed by atoms with Gasteiger partial charge in [-0.2, -0.15) is 0 Å². The third kappa shape index (κ3) is 1.55. The molecule has 0 aliphatic carbocycles. The number of rotatable bonds is 1. The Balaban J connectivity index is 3.19. The summed E-state index contributed by atoms with van der Waals surface area (Å²) in [4.78, 5) is 0. The molecule has 0 saturated carbocycles. The van der Waals surface area contributed by atoms with Gasteiger partial charge in [-0.25, -0.2) is 0 Å². The van der Waals surface area contributed by atoms with Gasteiger partial charge in [0.1, 0.15) is 0 Å². The zero-order valence-electron chi connectivity index (χ0n) is 5.60. The third-order valence-corrected chi connectivity index (χ3v) is 1.86. The number of benzene rings is 1. The zero-order valence-corrected chi connectivity index (χ0v) is 7.17. The number of hydrogen-bond donors (Lipinski definition) is 0. The van der Waals surface area contributed by atoms with Crippen molar-refractivity contribution >= 4 is 29.2 Å². The minimum Gasteiger partial charge on any atom is -0.0880 e. The van der Waals surface area contributed by atoms with Gasteiger partial charge in [-0.15, -0.1) is 0 Å². The first kappa shape index (κ1) is 7.70. The molecule has 0 bridgehead atoms. The van der Waals surface area contributed by atoms with E-state index in [1.54, 1.807) is 5.37 Å². The van der Waals surface area contributed by atoms with Crippen LogP contribution in [0.15, 0.2) is 18.2 Å². The van der Waals surface area contributed by atoms with Crippen LogP contribution in [0.5, 0.6) is 0 Å². The molecule has 1 rings (SSSR count). The summed E-state index contributed by atoms with van der Waals surface area (Å²) < 4.78 is 0. The van der Waals surface area contributed by atoms with Crippen molar-refractivity contribution in [3.8, 4) is 0 Å². The molecule has 0 heterocycles. The van der Waals surface area contributed by atoms with Crippen LogP contribution in [0.1, 0.15) is 11.1 Å². The summed E-state index contributed by atoms with van der Waals surface area (Å²) in [6.45, 7) is 2.00. The van der Waals surface area contributed by atoms with Crippen LogP contribution in [0, 0.1) is 6.92 Å². The van der Waals surface area contributed by atoms with Crippen molar-refractivity contribution in [2.24, 2.45) is 0 Å². The lowest BCUT2D eigenvalue weighted by Gasteiger charge is -1.96. The van der Waals surface area contributed by atoms with Crippen LogP contribution in [0.4, 0.5) is 0 Å². The topological polar surface area (TPSA) is 0 Å². The SMILES string of the molecule is Cc1ccc(C=S)c(Cl)c1. The molecule has 2 heteroatoms. The molecule has 10 heavy (non-hydrogen) atoms. The van der Waals surface area contributed by atoms with Crippen molar-refractivity contribution in [2.75, 3.05) is 0 Å². The lowest BCUT2D eigenvalue weighted by Crippen LogP contribution is -1.80. The van der Waals surface area contributed by atoms with E-state index in [4.69, 9.17) is 23.8 Å². The number of hydrogen-bond acceptors (Lipinski definition) is 1. The minimum absolute atomic E-state index is 0.731. The van der Waals surface area contributed by atoms with Crippen LogP contribution >= 0.6 is 23.8 Å². The normalized spacial score (nSPS) is 9.40. The first-order valence-corrected chi connectivity index (χ1v) is 3.80. The molecule has 0 aliphatic rings. The highest BCUT2D eigenvalue weighted by atomic mass is 35.5. The second-order valence-corrected chi connectivity index (χ2v) is 2.79. The van der Waals surface area contributed by atoms with Crippen LogP contribution in [-0.4, -0.2) is 5.37 Å². The fourth-order valence-corrected chi connectivity index (χ4v) is 1.29. The smallest absolute Gasteiger partial charge is 0.0489 e. The van der Waals surface area contributed by atoms with E-state index in [1.807, 2.05) is 25.1 Å². The van der Waals surface area contributed by atoms with Gasteiger partial charge in [0, 0.05) is 16.0 Å². The molecule has 0 fully saturated rings. The number of aryl methyl sites for hydroxylation is 1. The molecule has 0 N–H and O–H groups in total. The van der Waals surface area contributed by atoms with Crippen molar-refractivity contribution in [1.82, 2.24) is 0 Å². The Bertz CT molecular complexity index is 255. The molecular formula is C8H7ClS.